The first kappa shape index (κ1) is 42.4. The number of hydrogen-bond donors (Lipinski definition) is 3. The molecule has 3 aliphatic heterocycles. The van der Waals surface area contributed by atoms with Crippen molar-refractivity contribution >= 4 is 57.2 Å². The molecule has 3 N–H and O–H groups in total. The van der Waals surface area contributed by atoms with E-state index < -0.39 is 35.3 Å². The molecule has 8 rings (SSSR count). The number of nitriles is 1. The molecule has 5 heterocycles. The molecule has 5 aromatic rings. The van der Waals surface area contributed by atoms with Crippen LogP contribution in [0.3, 0.4) is 0 Å². The molecule has 63 heavy (non-hydrogen) atoms. The third-order valence-corrected chi connectivity index (χ3v) is 11.7. The zero-order valence-corrected chi connectivity index (χ0v) is 34.9. The maximum Gasteiger partial charge on any atom is 0.269 e. The smallest absolute Gasteiger partial charge is 0.269 e. The molecule has 2 fully saturated rings. The first-order chi connectivity index (χ1) is 30.3. The van der Waals surface area contributed by atoms with E-state index in [2.05, 4.69) is 26.8 Å². The van der Waals surface area contributed by atoms with Gasteiger partial charge >= 0.3 is 0 Å². The fourth-order valence-corrected chi connectivity index (χ4v) is 8.44. The summed E-state index contributed by atoms with van der Waals surface area (Å²) in [7, 11) is 4.54. The minimum absolute atomic E-state index is 0.0177. The summed E-state index contributed by atoms with van der Waals surface area (Å²) in [4.78, 5) is 60.0. The Labute approximate surface area is 360 Å². The number of piperazine rings is 1. The van der Waals surface area contributed by atoms with Crippen LogP contribution in [0.1, 0.15) is 47.3 Å². The first-order valence-corrected chi connectivity index (χ1v) is 20.6. The minimum Gasteiger partial charge on any atom is -0.495 e. The number of halogens is 3. The number of nitrogens with zero attached hydrogens (tertiary/aromatic N) is 7. The topological polar surface area (TPSA) is 172 Å². The zero-order valence-electron chi connectivity index (χ0n) is 34.9. The average Bonchev–Trinajstić information content (AvgIpc) is 3.98. The summed E-state index contributed by atoms with van der Waals surface area (Å²) >= 11 is 0. The van der Waals surface area contributed by atoms with Gasteiger partial charge in [-0.3, -0.25) is 29.2 Å². The summed E-state index contributed by atoms with van der Waals surface area (Å²) in [6, 6.07) is 11.8. The van der Waals surface area contributed by atoms with E-state index in [0.717, 1.165) is 0 Å². The van der Waals surface area contributed by atoms with Crippen molar-refractivity contribution in [3.8, 4) is 22.9 Å². The number of imide groups is 1. The quantitative estimate of drug-likeness (QED) is 0.149. The number of rotatable bonds is 11. The van der Waals surface area contributed by atoms with E-state index in [1.807, 2.05) is 15.9 Å². The summed E-state index contributed by atoms with van der Waals surface area (Å²) in [6.45, 7) is 2.26. The number of benzene rings is 3. The molecular weight excluding hydrogens is 818 g/mol. The second-order valence-corrected chi connectivity index (χ2v) is 15.9. The highest BCUT2D eigenvalue weighted by molar-refractivity contribution is 6.05. The Morgan fingerprint density at radius 1 is 1.00 bits per heavy atom. The van der Waals surface area contributed by atoms with Crippen LogP contribution in [0, 0.1) is 28.8 Å². The number of carbonyl (C=O) groups is 4. The highest BCUT2D eigenvalue weighted by atomic mass is 19.1. The van der Waals surface area contributed by atoms with Crippen LogP contribution >= 0.6 is 0 Å². The summed E-state index contributed by atoms with van der Waals surface area (Å²) < 4.78 is 56.4. The minimum atomic E-state index is -0.741. The van der Waals surface area contributed by atoms with Crippen LogP contribution in [0.2, 0.25) is 0 Å². The Bertz CT molecular complexity index is 2700. The van der Waals surface area contributed by atoms with Gasteiger partial charge in [-0.1, -0.05) is 6.08 Å². The molecule has 18 heteroatoms. The summed E-state index contributed by atoms with van der Waals surface area (Å²) in [5.41, 5.74) is 1.71. The number of piperidine rings is 1. The number of hydrogen-bond acceptors (Lipinski definition) is 10. The number of H-pyrrole nitrogens is 1. The molecule has 326 valence electrons. The monoisotopic (exact) mass is 862 g/mol. The number of aromatic nitrogens is 3. The van der Waals surface area contributed by atoms with Gasteiger partial charge in [0.05, 0.1) is 35.6 Å². The number of aryl methyl sites for hydroxylation is 1. The molecule has 0 spiro atoms. The van der Waals surface area contributed by atoms with E-state index in [9.17, 15) is 24.4 Å². The Kier molecular flexibility index (Phi) is 11.8. The second-order valence-electron chi connectivity index (χ2n) is 15.9. The van der Waals surface area contributed by atoms with Crippen molar-refractivity contribution in [2.45, 2.75) is 38.3 Å². The van der Waals surface area contributed by atoms with Crippen molar-refractivity contribution in [2.75, 3.05) is 75.6 Å². The van der Waals surface area contributed by atoms with Crippen LogP contribution in [-0.4, -0.2) is 115 Å². The molecule has 1 unspecified atom stereocenters. The lowest BCUT2D eigenvalue weighted by Gasteiger charge is -2.38. The number of amides is 4. The van der Waals surface area contributed by atoms with Crippen molar-refractivity contribution < 1.29 is 37.1 Å². The average molecular weight is 863 g/mol. The van der Waals surface area contributed by atoms with Gasteiger partial charge in [0.25, 0.3) is 5.91 Å². The van der Waals surface area contributed by atoms with E-state index in [1.165, 1.54) is 36.3 Å². The van der Waals surface area contributed by atoms with Gasteiger partial charge in [-0.05, 0) is 54.3 Å². The lowest BCUT2D eigenvalue weighted by Crippen LogP contribution is -2.47. The molecule has 4 amide bonds. The Morgan fingerprint density at radius 3 is 2.48 bits per heavy atom. The predicted octanol–water partition coefficient (Wildman–Crippen LogP) is 5.28. The van der Waals surface area contributed by atoms with E-state index in [1.54, 1.807) is 54.3 Å². The Hall–Kier alpha value is -7.29. The van der Waals surface area contributed by atoms with Gasteiger partial charge in [0, 0.05) is 119 Å². The largest absolute Gasteiger partial charge is 0.495 e. The Balaban J connectivity index is 1.06. The van der Waals surface area contributed by atoms with Gasteiger partial charge in [0.1, 0.15) is 29.1 Å². The number of ether oxygens (including phenoxy) is 1. The number of carbonyl (C=O) groups excluding carboxylic acids is 4. The van der Waals surface area contributed by atoms with Crippen molar-refractivity contribution in [3.05, 3.63) is 95.2 Å². The molecule has 0 radical (unpaired) electrons. The molecule has 0 aliphatic carbocycles. The van der Waals surface area contributed by atoms with Crippen molar-refractivity contribution in [2.24, 2.45) is 0 Å². The van der Waals surface area contributed by atoms with Crippen molar-refractivity contribution in [3.63, 3.8) is 0 Å². The highest BCUT2D eigenvalue weighted by Crippen LogP contribution is 2.41. The van der Waals surface area contributed by atoms with Crippen LogP contribution in [0.25, 0.3) is 27.6 Å². The maximum atomic E-state index is 16.8. The molecule has 0 bridgehead atoms. The number of fused-ring (bicyclic) bond motifs is 1. The fourth-order valence-electron chi connectivity index (χ4n) is 8.44. The molecule has 3 aromatic carbocycles. The lowest BCUT2D eigenvalue weighted by molar-refractivity contribution is -0.134. The van der Waals surface area contributed by atoms with Crippen LogP contribution in [0.5, 0.6) is 5.75 Å². The molecule has 15 nitrogen and oxygen atoms in total. The standard InChI is InChI=1S/C45H45F3N10O5/c1-54(2)45(62)36-21-31-30(20-29(42(48)43(31)52-36)26-6-4-11-57(25-26)40(60)9-13-58-12-5-10-50-58)41-27(24-49)18-28(19-33(41)47)55-14-16-56(17-15-55)37-23-38(63-3)35(22-32(37)46)51-34-7-8-39(59)53-44(34)61/h5-6,10,12,18-23,34,51-52H,4,7-9,11,13-17,25H2,1-3H3,(H,53,59,61). The molecular formula is C45H45F3N10O5. The third kappa shape index (κ3) is 8.50. The first-order valence-electron chi connectivity index (χ1n) is 20.6. The molecule has 2 aromatic heterocycles. The van der Waals surface area contributed by atoms with E-state index >= 15 is 13.2 Å². The normalized spacial score (nSPS) is 16.7. The molecule has 0 saturated carbocycles. The van der Waals surface area contributed by atoms with Crippen LogP contribution in [0.4, 0.5) is 30.2 Å². The van der Waals surface area contributed by atoms with E-state index in [0.29, 0.717) is 62.7 Å². The van der Waals surface area contributed by atoms with Gasteiger partial charge < -0.3 is 34.6 Å². The van der Waals surface area contributed by atoms with Gasteiger partial charge in [-0.25, -0.2) is 13.2 Å². The van der Waals surface area contributed by atoms with Crippen molar-refractivity contribution in [1.82, 2.24) is 29.9 Å². The van der Waals surface area contributed by atoms with Crippen LogP contribution in [0.15, 0.2) is 60.9 Å². The number of anilines is 3. The highest BCUT2D eigenvalue weighted by Gasteiger charge is 2.30. The number of methoxy groups -OCH3 is 1. The van der Waals surface area contributed by atoms with E-state index in [-0.39, 0.29) is 87.8 Å². The lowest BCUT2D eigenvalue weighted by atomic mass is 9.90. The van der Waals surface area contributed by atoms with Gasteiger partial charge in [0.15, 0.2) is 5.82 Å². The van der Waals surface area contributed by atoms with Gasteiger partial charge in [-0.2, -0.15) is 10.4 Å². The summed E-state index contributed by atoms with van der Waals surface area (Å²) in [5.74, 6) is -3.09. The fraction of sp³-hybridized carbons (Fsp3) is 0.333. The SMILES string of the molecule is COc1cc(N2CCN(c3cc(F)c(-c4cc(C5=CCCN(C(=O)CCn6cccn6)C5)c(F)c5[nH]c(C(=O)N(C)C)cc45)c(C#N)c3)CC2)c(F)cc1NC1CCC(=O)NC1=O. The van der Waals surface area contributed by atoms with E-state index in [4.69, 9.17) is 4.74 Å². The van der Waals surface area contributed by atoms with Crippen LogP contribution < -0.4 is 25.2 Å². The Morgan fingerprint density at radius 2 is 1.78 bits per heavy atom. The summed E-state index contributed by atoms with van der Waals surface area (Å²) in [6.07, 6.45) is 6.30. The van der Waals surface area contributed by atoms with Gasteiger partial charge in [-0.15, -0.1) is 0 Å². The number of aromatic amines is 1. The number of nitrogens with one attached hydrogen (secondary N) is 3. The zero-order chi connectivity index (χ0) is 44.5. The maximum absolute atomic E-state index is 16.8. The third-order valence-electron chi connectivity index (χ3n) is 11.7. The van der Waals surface area contributed by atoms with Crippen LogP contribution in [-0.2, 0) is 20.9 Å². The predicted molar refractivity (Wildman–Crippen MR) is 230 cm³/mol. The molecule has 1 atom stereocenters. The molecule has 2 saturated heterocycles. The molecule has 3 aliphatic rings. The summed E-state index contributed by atoms with van der Waals surface area (Å²) in [5, 5.41) is 20.2. The van der Waals surface area contributed by atoms with Crippen molar-refractivity contribution in [1.29, 1.82) is 5.26 Å². The van der Waals surface area contributed by atoms with Gasteiger partial charge in [0.2, 0.25) is 17.7 Å². The second kappa shape index (κ2) is 17.6.